The Morgan fingerprint density at radius 3 is 2.79 bits per heavy atom. The molecule has 0 aromatic carbocycles. The summed E-state index contributed by atoms with van der Waals surface area (Å²) < 4.78 is 7.47. The summed E-state index contributed by atoms with van der Waals surface area (Å²) in [6.45, 7) is 6.56. The van der Waals surface area contributed by atoms with E-state index in [4.69, 9.17) is 9.72 Å². The third-order valence-corrected chi connectivity index (χ3v) is 4.24. The van der Waals surface area contributed by atoms with Gasteiger partial charge in [0.2, 0.25) is 5.95 Å². The molecule has 1 aliphatic rings. The van der Waals surface area contributed by atoms with Gasteiger partial charge in [-0.15, -0.1) is 0 Å². The molecule has 1 atom stereocenters. The molecule has 0 bridgehead atoms. The Hall–Kier alpha value is -2.21. The van der Waals surface area contributed by atoms with Gasteiger partial charge in [0.1, 0.15) is 0 Å². The summed E-state index contributed by atoms with van der Waals surface area (Å²) in [5.41, 5.74) is 1.53. The maximum absolute atomic E-state index is 12.4. The van der Waals surface area contributed by atoms with Crippen molar-refractivity contribution in [1.82, 2.24) is 14.5 Å². The van der Waals surface area contributed by atoms with Crippen molar-refractivity contribution in [2.45, 2.75) is 26.4 Å². The summed E-state index contributed by atoms with van der Waals surface area (Å²) in [7, 11) is 1.77. The van der Waals surface area contributed by atoms with E-state index >= 15 is 0 Å². The molecule has 2 aromatic rings. The van der Waals surface area contributed by atoms with E-state index in [2.05, 4.69) is 23.7 Å². The van der Waals surface area contributed by atoms with Gasteiger partial charge >= 0.3 is 0 Å². The van der Waals surface area contributed by atoms with Gasteiger partial charge in [-0.25, -0.2) is 4.98 Å². The molecule has 1 saturated heterocycles. The van der Waals surface area contributed by atoms with Crippen LogP contribution in [0.3, 0.4) is 0 Å². The van der Waals surface area contributed by atoms with Gasteiger partial charge in [0.15, 0.2) is 0 Å². The lowest BCUT2D eigenvalue weighted by atomic mass is 10.0. The normalized spacial score (nSPS) is 18.2. The van der Waals surface area contributed by atoms with Gasteiger partial charge in [-0.05, 0) is 24.5 Å². The number of anilines is 1. The van der Waals surface area contributed by atoms with Crippen LogP contribution in [0.1, 0.15) is 20.3 Å². The maximum atomic E-state index is 12.4. The first-order valence-corrected chi connectivity index (χ1v) is 8.39. The number of rotatable bonds is 4. The number of aromatic nitrogens is 3. The van der Waals surface area contributed by atoms with Gasteiger partial charge in [-0.2, -0.15) is 0 Å². The van der Waals surface area contributed by atoms with E-state index in [1.807, 2.05) is 12.1 Å². The molecule has 0 radical (unpaired) electrons. The van der Waals surface area contributed by atoms with Crippen LogP contribution in [-0.4, -0.2) is 40.3 Å². The smallest absolute Gasteiger partial charge is 0.255 e. The van der Waals surface area contributed by atoms with Gasteiger partial charge in [-0.3, -0.25) is 14.3 Å². The summed E-state index contributed by atoms with van der Waals surface area (Å²) in [4.78, 5) is 23.3. The molecule has 2 aromatic heterocycles. The first kappa shape index (κ1) is 16.6. The summed E-state index contributed by atoms with van der Waals surface area (Å²) >= 11 is 0. The molecular formula is C18H24N4O2. The second kappa shape index (κ2) is 7.13. The van der Waals surface area contributed by atoms with Crippen LogP contribution in [0.5, 0.6) is 0 Å². The summed E-state index contributed by atoms with van der Waals surface area (Å²) in [5, 5.41) is 0. The first-order valence-electron chi connectivity index (χ1n) is 8.39. The third-order valence-electron chi connectivity index (χ3n) is 4.24. The van der Waals surface area contributed by atoms with Gasteiger partial charge in [0.05, 0.1) is 18.4 Å². The highest BCUT2D eigenvalue weighted by atomic mass is 16.5. The number of morpholine rings is 1. The molecule has 0 spiro atoms. The van der Waals surface area contributed by atoms with Crippen molar-refractivity contribution >= 4 is 5.95 Å². The zero-order valence-electron chi connectivity index (χ0n) is 14.5. The number of ether oxygens (including phenoxy) is 1. The molecule has 1 fully saturated rings. The molecule has 6 nitrogen and oxygen atoms in total. The van der Waals surface area contributed by atoms with Crippen LogP contribution in [0.4, 0.5) is 5.95 Å². The molecule has 0 amide bonds. The fourth-order valence-electron chi connectivity index (χ4n) is 3.05. The SMILES string of the molecule is CC(C)CC1CN(c2nc(-c3ccncc3)cc(=O)n2C)CCO1. The Balaban J connectivity index is 1.92. The minimum atomic E-state index is -0.0567. The highest BCUT2D eigenvalue weighted by Crippen LogP contribution is 2.21. The highest BCUT2D eigenvalue weighted by molar-refractivity contribution is 5.59. The average Bonchev–Trinajstić information content (AvgIpc) is 2.57. The lowest BCUT2D eigenvalue weighted by molar-refractivity contribution is 0.0268. The van der Waals surface area contributed by atoms with Crippen LogP contribution in [0, 0.1) is 5.92 Å². The standard InChI is InChI=1S/C18H24N4O2/c1-13(2)10-15-12-22(8-9-24-15)18-20-16(11-17(23)21(18)3)14-4-6-19-7-5-14/h4-7,11,13,15H,8-10,12H2,1-3H3. The zero-order chi connectivity index (χ0) is 17.1. The minimum absolute atomic E-state index is 0.0567. The van der Waals surface area contributed by atoms with E-state index in [9.17, 15) is 4.79 Å². The Morgan fingerprint density at radius 2 is 2.08 bits per heavy atom. The van der Waals surface area contributed by atoms with Gasteiger partial charge < -0.3 is 9.64 Å². The first-order chi connectivity index (χ1) is 11.5. The summed E-state index contributed by atoms with van der Waals surface area (Å²) in [6, 6.07) is 5.31. The Kier molecular flexibility index (Phi) is 4.94. The van der Waals surface area contributed by atoms with E-state index in [1.54, 1.807) is 30.1 Å². The third kappa shape index (κ3) is 3.64. The van der Waals surface area contributed by atoms with Crippen LogP contribution >= 0.6 is 0 Å². The largest absolute Gasteiger partial charge is 0.375 e. The van der Waals surface area contributed by atoms with Gasteiger partial charge in [0.25, 0.3) is 5.56 Å². The second-order valence-electron chi connectivity index (χ2n) is 6.64. The van der Waals surface area contributed by atoms with Crippen molar-refractivity contribution < 1.29 is 4.74 Å². The molecule has 3 rings (SSSR count). The van der Waals surface area contributed by atoms with Crippen molar-refractivity contribution in [3.63, 3.8) is 0 Å². The molecule has 6 heteroatoms. The number of pyridine rings is 1. The van der Waals surface area contributed by atoms with E-state index < -0.39 is 0 Å². The number of hydrogen-bond acceptors (Lipinski definition) is 5. The molecule has 3 heterocycles. The van der Waals surface area contributed by atoms with Crippen LogP contribution in [0.15, 0.2) is 35.4 Å². The zero-order valence-corrected chi connectivity index (χ0v) is 14.5. The van der Waals surface area contributed by atoms with Crippen LogP contribution in [-0.2, 0) is 11.8 Å². The van der Waals surface area contributed by atoms with Crippen LogP contribution in [0.2, 0.25) is 0 Å². The molecule has 0 aliphatic carbocycles. The average molecular weight is 328 g/mol. The topological polar surface area (TPSA) is 60.2 Å². The molecular weight excluding hydrogens is 304 g/mol. The summed E-state index contributed by atoms with van der Waals surface area (Å²) in [6.07, 6.45) is 4.61. The number of hydrogen-bond donors (Lipinski definition) is 0. The van der Waals surface area contributed by atoms with Crippen molar-refractivity contribution in [3.05, 3.63) is 40.9 Å². The quantitative estimate of drug-likeness (QED) is 0.860. The molecule has 0 saturated carbocycles. The monoisotopic (exact) mass is 328 g/mol. The Bertz CT molecular complexity index is 742. The van der Waals surface area contributed by atoms with Crippen molar-refractivity contribution in [3.8, 4) is 11.3 Å². The predicted molar refractivity (Wildman–Crippen MR) is 94.1 cm³/mol. The fourth-order valence-corrected chi connectivity index (χ4v) is 3.05. The maximum Gasteiger partial charge on any atom is 0.255 e. The van der Waals surface area contributed by atoms with Crippen LogP contribution < -0.4 is 10.5 Å². The van der Waals surface area contributed by atoms with Gasteiger partial charge in [0, 0.05) is 44.2 Å². The molecule has 24 heavy (non-hydrogen) atoms. The highest BCUT2D eigenvalue weighted by Gasteiger charge is 2.24. The predicted octanol–water partition coefficient (Wildman–Crippen LogP) is 2.09. The Labute approximate surface area is 142 Å². The molecule has 1 aliphatic heterocycles. The molecule has 1 unspecified atom stereocenters. The fraction of sp³-hybridized carbons (Fsp3) is 0.500. The minimum Gasteiger partial charge on any atom is -0.375 e. The van der Waals surface area contributed by atoms with Gasteiger partial charge in [-0.1, -0.05) is 13.8 Å². The van der Waals surface area contributed by atoms with E-state index in [0.29, 0.717) is 24.2 Å². The van der Waals surface area contributed by atoms with Crippen molar-refractivity contribution in [2.75, 3.05) is 24.6 Å². The van der Waals surface area contributed by atoms with E-state index in [1.165, 1.54) is 0 Å². The Morgan fingerprint density at radius 1 is 1.33 bits per heavy atom. The van der Waals surface area contributed by atoms with Crippen molar-refractivity contribution in [1.29, 1.82) is 0 Å². The molecule has 128 valence electrons. The van der Waals surface area contributed by atoms with Crippen LogP contribution in [0.25, 0.3) is 11.3 Å². The lowest BCUT2D eigenvalue weighted by Crippen LogP contribution is -2.45. The number of nitrogens with zero attached hydrogens (tertiary/aromatic N) is 4. The van der Waals surface area contributed by atoms with Crippen molar-refractivity contribution in [2.24, 2.45) is 13.0 Å². The second-order valence-corrected chi connectivity index (χ2v) is 6.64. The molecule has 0 N–H and O–H groups in total. The lowest BCUT2D eigenvalue weighted by Gasteiger charge is -2.35. The van der Waals surface area contributed by atoms with E-state index in [0.717, 1.165) is 25.1 Å². The van der Waals surface area contributed by atoms with E-state index in [-0.39, 0.29) is 11.7 Å². The summed E-state index contributed by atoms with van der Waals surface area (Å²) in [5.74, 6) is 1.28.